The molecule has 0 aliphatic carbocycles. The minimum atomic E-state index is -4.97. The summed E-state index contributed by atoms with van der Waals surface area (Å²) in [5.41, 5.74) is 9.70. The third kappa shape index (κ3) is 4.30. The molecule has 1 unspecified atom stereocenters. The number of halogens is 4. The minimum Gasteiger partial charge on any atom is -0.382 e. The number of carbonyl (C=O) groups is 1. The van der Waals surface area contributed by atoms with Crippen molar-refractivity contribution in [3.05, 3.63) is 41.7 Å². The molecule has 2 fully saturated rings. The molecule has 5 rings (SSSR count). The number of alkyl halides is 3. The highest BCUT2D eigenvalue weighted by atomic mass is 19.4. The Hall–Kier alpha value is -3.52. The Labute approximate surface area is 202 Å². The Morgan fingerprint density at radius 3 is 2.81 bits per heavy atom. The van der Waals surface area contributed by atoms with E-state index in [0.29, 0.717) is 19.6 Å². The molecule has 14 heteroatoms. The lowest BCUT2D eigenvalue weighted by molar-refractivity contribution is -0.140. The van der Waals surface area contributed by atoms with Crippen LogP contribution >= 0.6 is 0 Å². The second-order valence-electron chi connectivity index (χ2n) is 9.08. The second-order valence-corrected chi connectivity index (χ2v) is 9.08. The number of imidazole rings is 1. The van der Waals surface area contributed by atoms with Gasteiger partial charge in [-0.05, 0) is 25.0 Å². The fourth-order valence-corrected chi connectivity index (χ4v) is 4.76. The highest BCUT2D eigenvalue weighted by molar-refractivity contribution is 5.88. The van der Waals surface area contributed by atoms with E-state index < -0.39 is 35.5 Å². The summed E-state index contributed by atoms with van der Waals surface area (Å²) in [5.74, 6) is -1.73. The molecule has 4 heterocycles. The van der Waals surface area contributed by atoms with Crippen LogP contribution in [0.25, 0.3) is 11.2 Å². The first-order valence-electron chi connectivity index (χ1n) is 11.3. The molecule has 5 N–H and O–H groups in total. The number of nitrogens with zero attached hydrogens (tertiary/aromatic N) is 5. The summed E-state index contributed by atoms with van der Waals surface area (Å²) in [6.07, 6.45) is -1.65. The molecule has 1 amide bonds. The summed E-state index contributed by atoms with van der Waals surface area (Å²) >= 11 is 0. The van der Waals surface area contributed by atoms with Gasteiger partial charge in [0.2, 0.25) is 5.91 Å². The van der Waals surface area contributed by atoms with E-state index >= 15 is 0 Å². The maximum Gasteiger partial charge on any atom is 0.419 e. The third-order valence-electron chi connectivity index (χ3n) is 6.64. The fourth-order valence-electron chi connectivity index (χ4n) is 4.76. The van der Waals surface area contributed by atoms with E-state index in [9.17, 15) is 22.4 Å². The zero-order chi connectivity index (χ0) is 25.7. The molecule has 2 aliphatic heterocycles. The van der Waals surface area contributed by atoms with Crippen LogP contribution in [0.4, 0.5) is 29.1 Å². The Balaban J connectivity index is 1.51. The standard InChI is InChI=1S/C22H24F4N8O2/c23-14-1-2-15(33-5-4-21(28,9-33)20(35)32-12-3-6-36-8-12)13(16(14)22(24,25)26)7-34-11-31-17-18(27)29-10-30-19(17)34/h1-2,10-12H,3-9,28H2,(H,32,35)(H2,27,29,30)/t12?,21-/m1/s1. The largest absolute Gasteiger partial charge is 0.419 e. The molecule has 0 spiro atoms. The van der Waals surface area contributed by atoms with Crippen molar-refractivity contribution >= 4 is 28.6 Å². The van der Waals surface area contributed by atoms with Gasteiger partial charge in [0, 0.05) is 30.9 Å². The van der Waals surface area contributed by atoms with E-state index in [-0.39, 0.29) is 53.8 Å². The molecule has 2 aliphatic rings. The second kappa shape index (κ2) is 8.85. The summed E-state index contributed by atoms with van der Waals surface area (Å²) in [6, 6.07) is 1.89. The van der Waals surface area contributed by atoms with Crippen LogP contribution in [0.15, 0.2) is 24.8 Å². The number of aromatic nitrogens is 4. The number of hydrogen-bond acceptors (Lipinski definition) is 8. The summed E-state index contributed by atoms with van der Waals surface area (Å²) in [5, 5.41) is 2.86. The van der Waals surface area contributed by atoms with Gasteiger partial charge in [0.25, 0.3) is 0 Å². The molecule has 0 saturated carbocycles. The first-order valence-corrected chi connectivity index (χ1v) is 11.3. The van der Waals surface area contributed by atoms with E-state index in [1.54, 1.807) is 4.90 Å². The van der Waals surface area contributed by atoms with Crippen molar-refractivity contribution in [2.24, 2.45) is 5.73 Å². The molecule has 36 heavy (non-hydrogen) atoms. The van der Waals surface area contributed by atoms with Crippen molar-refractivity contribution < 1.29 is 27.1 Å². The third-order valence-corrected chi connectivity index (χ3v) is 6.64. The van der Waals surface area contributed by atoms with Crippen molar-refractivity contribution in [1.29, 1.82) is 0 Å². The molecule has 3 aromatic rings. The van der Waals surface area contributed by atoms with Gasteiger partial charge in [0.15, 0.2) is 11.5 Å². The highest BCUT2D eigenvalue weighted by Crippen LogP contribution is 2.40. The number of ether oxygens (including phenoxy) is 1. The van der Waals surface area contributed by atoms with E-state index in [4.69, 9.17) is 16.2 Å². The lowest BCUT2D eigenvalue weighted by Gasteiger charge is -2.28. The van der Waals surface area contributed by atoms with Crippen LogP contribution < -0.4 is 21.7 Å². The Morgan fingerprint density at radius 1 is 1.28 bits per heavy atom. The maximum atomic E-state index is 14.6. The van der Waals surface area contributed by atoms with Gasteiger partial charge < -0.3 is 31.0 Å². The minimum absolute atomic E-state index is 0.0395. The average molecular weight is 508 g/mol. The molecule has 2 aromatic heterocycles. The molecule has 0 bridgehead atoms. The molecule has 2 atom stereocenters. The molecule has 2 saturated heterocycles. The fraction of sp³-hybridized carbons (Fsp3) is 0.455. The van der Waals surface area contributed by atoms with Gasteiger partial charge in [0.1, 0.15) is 23.2 Å². The molecular weight excluding hydrogens is 484 g/mol. The van der Waals surface area contributed by atoms with Gasteiger partial charge in [-0.15, -0.1) is 0 Å². The van der Waals surface area contributed by atoms with Crippen LogP contribution in [0, 0.1) is 5.82 Å². The van der Waals surface area contributed by atoms with Crippen molar-refractivity contribution in [1.82, 2.24) is 24.8 Å². The number of nitrogens with two attached hydrogens (primary N) is 2. The Bertz CT molecular complexity index is 1310. The van der Waals surface area contributed by atoms with Crippen LogP contribution in [0.3, 0.4) is 0 Å². The van der Waals surface area contributed by atoms with E-state index in [1.807, 2.05) is 0 Å². The zero-order valence-corrected chi connectivity index (χ0v) is 19.1. The number of benzene rings is 1. The quantitative estimate of drug-likeness (QED) is 0.440. The number of carbonyl (C=O) groups excluding carboxylic acids is 1. The highest BCUT2D eigenvalue weighted by Gasteiger charge is 2.44. The smallest absolute Gasteiger partial charge is 0.382 e. The van der Waals surface area contributed by atoms with Crippen LogP contribution in [0.1, 0.15) is 24.0 Å². The zero-order valence-electron chi connectivity index (χ0n) is 19.1. The molecule has 10 nitrogen and oxygen atoms in total. The Kier molecular flexibility index (Phi) is 5.95. The number of fused-ring (bicyclic) bond motifs is 1. The predicted molar refractivity (Wildman–Crippen MR) is 121 cm³/mol. The van der Waals surface area contributed by atoms with Gasteiger partial charge in [-0.3, -0.25) is 4.79 Å². The van der Waals surface area contributed by atoms with Gasteiger partial charge in [-0.2, -0.15) is 13.2 Å². The lowest BCUT2D eigenvalue weighted by atomic mass is 9.98. The van der Waals surface area contributed by atoms with E-state index in [0.717, 1.165) is 6.07 Å². The number of anilines is 2. The van der Waals surface area contributed by atoms with E-state index in [1.165, 1.54) is 23.3 Å². The summed E-state index contributed by atoms with van der Waals surface area (Å²) in [7, 11) is 0. The average Bonchev–Trinajstić information content (AvgIpc) is 3.55. The molecule has 1 aromatic carbocycles. The lowest BCUT2D eigenvalue weighted by Crippen LogP contribution is -2.57. The maximum absolute atomic E-state index is 14.6. The van der Waals surface area contributed by atoms with Gasteiger partial charge in [-0.25, -0.2) is 19.3 Å². The molecule has 192 valence electrons. The summed E-state index contributed by atoms with van der Waals surface area (Å²) < 4.78 is 63.4. The van der Waals surface area contributed by atoms with Crippen LogP contribution in [0.5, 0.6) is 0 Å². The summed E-state index contributed by atoms with van der Waals surface area (Å²) in [4.78, 5) is 26.5. The van der Waals surface area contributed by atoms with Gasteiger partial charge in [0.05, 0.1) is 31.1 Å². The molecular formula is C22H24F4N8O2. The number of amides is 1. The van der Waals surface area contributed by atoms with Crippen molar-refractivity contribution in [3.63, 3.8) is 0 Å². The first kappa shape index (κ1) is 24.2. The van der Waals surface area contributed by atoms with E-state index in [2.05, 4.69) is 20.3 Å². The van der Waals surface area contributed by atoms with Crippen LogP contribution in [0.2, 0.25) is 0 Å². The first-order chi connectivity index (χ1) is 17.1. The molecule has 0 radical (unpaired) electrons. The Morgan fingerprint density at radius 2 is 2.08 bits per heavy atom. The SMILES string of the molecule is Nc1ncnc2c1ncn2Cc1c(N2CC[C@](N)(C(=O)NC3CCOC3)C2)ccc(F)c1C(F)(F)F. The van der Waals surface area contributed by atoms with Crippen molar-refractivity contribution in [2.45, 2.75) is 37.1 Å². The number of nitrogens with one attached hydrogen (secondary N) is 1. The van der Waals surface area contributed by atoms with Crippen molar-refractivity contribution in [3.8, 4) is 0 Å². The van der Waals surface area contributed by atoms with Gasteiger partial charge in [-0.1, -0.05) is 0 Å². The number of rotatable bonds is 5. The van der Waals surface area contributed by atoms with Crippen LogP contribution in [-0.4, -0.2) is 63.3 Å². The normalized spacial score (nSPS) is 22.5. The predicted octanol–water partition coefficient (Wildman–Crippen LogP) is 1.43. The number of hydrogen-bond donors (Lipinski definition) is 3. The topological polar surface area (TPSA) is 137 Å². The monoisotopic (exact) mass is 508 g/mol. The summed E-state index contributed by atoms with van der Waals surface area (Å²) in [6.45, 7) is 0.695. The van der Waals surface area contributed by atoms with Crippen LogP contribution in [-0.2, 0) is 22.3 Å². The van der Waals surface area contributed by atoms with Crippen molar-refractivity contribution in [2.75, 3.05) is 36.9 Å². The van der Waals surface area contributed by atoms with Gasteiger partial charge >= 0.3 is 6.18 Å². The number of nitrogen functional groups attached to an aromatic ring is 1.